The van der Waals surface area contributed by atoms with Crippen molar-refractivity contribution in [2.45, 2.75) is 40.0 Å². The lowest BCUT2D eigenvalue weighted by molar-refractivity contribution is -0.150. The molecule has 146 valence electrons. The lowest BCUT2D eigenvalue weighted by atomic mass is 10.1. The van der Waals surface area contributed by atoms with Gasteiger partial charge in [0.2, 0.25) is 11.2 Å². The van der Waals surface area contributed by atoms with Gasteiger partial charge in [0.1, 0.15) is 6.61 Å². The average molecular weight is 386 g/mol. The number of aliphatic imine (C=N–C) groups is 1. The van der Waals surface area contributed by atoms with E-state index in [2.05, 4.69) is 21.9 Å². The summed E-state index contributed by atoms with van der Waals surface area (Å²) in [7, 11) is 1.56. The van der Waals surface area contributed by atoms with Crippen LogP contribution in [-0.2, 0) is 20.7 Å². The van der Waals surface area contributed by atoms with Gasteiger partial charge in [-0.05, 0) is 30.4 Å². The minimum Gasteiger partial charge on any atom is -0.481 e. The van der Waals surface area contributed by atoms with Crippen LogP contribution in [0.4, 0.5) is 0 Å². The zero-order valence-corrected chi connectivity index (χ0v) is 16.7. The topological polar surface area (TPSA) is 82.9 Å². The number of rotatable bonds is 12. The van der Waals surface area contributed by atoms with E-state index in [1.807, 2.05) is 13.8 Å². The van der Waals surface area contributed by atoms with Crippen molar-refractivity contribution >= 4 is 23.8 Å². The number of nitrogens with zero attached hydrogens (tertiary/aromatic N) is 3. The van der Waals surface area contributed by atoms with Gasteiger partial charge in [0.25, 0.3) is 0 Å². The molecule has 0 unspecified atom stereocenters. The second-order valence-electron chi connectivity index (χ2n) is 6.13. The van der Waals surface area contributed by atoms with Gasteiger partial charge in [0.15, 0.2) is 0 Å². The van der Waals surface area contributed by atoms with Crippen molar-refractivity contribution in [3.8, 4) is 5.88 Å². The zero-order chi connectivity index (χ0) is 19.4. The molecule has 0 amide bonds. The molecule has 1 aromatic heterocycles. The molecule has 1 aromatic rings. The van der Waals surface area contributed by atoms with Crippen LogP contribution in [0.25, 0.3) is 0 Å². The zero-order valence-electron chi connectivity index (χ0n) is 16.0. The highest BCUT2D eigenvalue weighted by Gasteiger charge is 2.12. The molecule has 0 bridgehead atoms. The fraction of sp³-hybridized carbons (Fsp3) is 0.667. The van der Waals surface area contributed by atoms with Crippen molar-refractivity contribution in [1.29, 1.82) is 0 Å². The Labute approximate surface area is 160 Å². The maximum Gasteiger partial charge on any atom is 0.332 e. The van der Waals surface area contributed by atoms with Crippen LogP contribution in [0.5, 0.6) is 5.88 Å². The van der Waals surface area contributed by atoms with Crippen LogP contribution in [-0.4, -0.2) is 55.6 Å². The number of aromatic nitrogens is 2. The normalized spacial score (nSPS) is 11.3. The van der Waals surface area contributed by atoms with Gasteiger partial charge in [-0.1, -0.05) is 27.2 Å². The second-order valence-corrected chi connectivity index (χ2v) is 6.47. The Morgan fingerprint density at radius 3 is 2.77 bits per heavy atom. The van der Waals surface area contributed by atoms with E-state index < -0.39 is 0 Å². The van der Waals surface area contributed by atoms with E-state index in [0.717, 1.165) is 18.4 Å². The van der Waals surface area contributed by atoms with Gasteiger partial charge in [-0.25, -0.2) is 9.78 Å². The number of carbonyl (C=O) groups is 1. The summed E-state index contributed by atoms with van der Waals surface area (Å²) in [4.78, 5) is 24.1. The molecule has 0 aliphatic rings. The monoisotopic (exact) mass is 385 g/mol. The maximum atomic E-state index is 11.4. The second kappa shape index (κ2) is 12.6. The van der Waals surface area contributed by atoms with E-state index in [9.17, 15) is 4.79 Å². The highest BCUT2D eigenvalue weighted by atomic mass is 35.5. The predicted molar refractivity (Wildman–Crippen MR) is 101 cm³/mol. The van der Waals surface area contributed by atoms with Crippen LogP contribution < -0.4 is 4.74 Å². The van der Waals surface area contributed by atoms with Crippen LogP contribution >= 0.6 is 11.6 Å². The van der Waals surface area contributed by atoms with Crippen molar-refractivity contribution in [2.24, 2.45) is 10.9 Å². The van der Waals surface area contributed by atoms with Gasteiger partial charge in [0, 0.05) is 24.9 Å². The van der Waals surface area contributed by atoms with Gasteiger partial charge >= 0.3 is 5.97 Å². The summed E-state index contributed by atoms with van der Waals surface area (Å²) in [6, 6.07) is 0. The number of methoxy groups -OCH3 is 1. The first-order chi connectivity index (χ1) is 12.5. The van der Waals surface area contributed by atoms with E-state index in [0.29, 0.717) is 43.7 Å². The maximum absolute atomic E-state index is 11.4. The fourth-order valence-electron chi connectivity index (χ4n) is 2.08. The molecule has 0 fully saturated rings. The molecule has 0 aromatic carbocycles. The quantitative estimate of drug-likeness (QED) is 0.238. The summed E-state index contributed by atoms with van der Waals surface area (Å²) < 4.78 is 15.6. The lowest BCUT2D eigenvalue weighted by Crippen LogP contribution is -2.16. The van der Waals surface area contributed by atoms with Crippen LogP contribution in [0.3, 0.4) is 0 Å². The number of esters is 1. The number of hydrogen-bond donors (Lipinski definition) is 0. The molecule has 0 aliphatic heterocycles. The summed E-state index contributed by atoms with van der Waals surface area (Å²) >= 11 is 5.93. The van der Waals surface area contributed by atoms with Crippen LogP contribution in [0, 0.1) is 5.92 Å². The molecule has 8 heteroatoms. The first kappa shape index (κ1) is 22.3. The highest BCUT2D eigenvalue weighted by molar-refractivity contribution is 6.28. The summed E-state index contributed by atoms with van der Waals surface area (Å²) in [5, 5.41) is 0.131. The smallest absolute Gasteiger partial charge is 0.332 e. The van der Waals surface area contributed by atoms with Crippen LogP contribution in [0.15, 0.2) is 4.99 Å². The molecule has 26 heavy (non-hydrogen) atoms. The first-order valence-electron chi connectivity index (χ1n) is 8.81. The molecule has 0 spiro atoms. The summed E-state index contributed by atoms with van der Waals surface area (Å²) in [6.45, 7) is 7.41. The van der Waals surface area contributed by atoms with Crippen LogP contribution in [0.1, 0.15) is 44.9 Å². The molecule has 0 atom stereocenters. The minimum atomic E-state index is -0.339. The van der Waals surface area contributed by atoms with Gasteiger partial charge in [0.05, 0.1) is 19.4 Å². The van der Waals surface area contributed by atoms with Crippen molar-refractivity contribution in [3.63, 3.8) is 0 Å². The molecule has 7 nitrogen and oxygen atoms in total. The Hall–Kier alpha value is -1.73. The van der Waals surface area contributed by atoms with Crippen LogP contribution in [0.2, 0.25) is 5.28 Å². The summed E-state index contributed by atoms with van der Waals surface area (Å²) in [6.07, 6.45) is 4.08. The molecule has 0 radical (unpaired) electrons. The average Bonchev–Trinajstić information content (AvgIpc) is 2.60. The molecule has 1 heterocycles. The van der Waals surface area contributed by atoms with Crippen molar-refractivity contribution in [3.05, 3.63) is 16.5 Å². The Morgan fingerprint density at radius 2 is 2.12 bits per heavy atom. The van der Waals surface area contributed by atoms with E-state index in [1.165, 1.54) is 0 Å². The molecule has 1 rings (SSSR count). The van der Waals surface area contributed by atoms with Crippen molar-refractivity contribution < 1.29 is 19.0 Å². The van der Waals surface area contributed by atoms with E-state index in [1.54, 1.807) is 13.3 Å². The Kier molecular flexibility index (Phi) is 10.8. The SMILES string of the molecule is CCCc1c(C=NCCCOCC(=O)OCC(C)C)nc(Cl)nc1OC. The third-order valence-corrected chi connectivity index (χ3v) is 3.42. The summed E-state index contributed by atoms with van der Waals surface area (Å²) in [5.74, 6) is 0.463. The first-order valence-corrected chi connectivity index (χ1v) is 9.19. The Bertz CT molecular complexity index is 594. The third-order valence-electron chi connectivity index (χ3n) is 3.25. The Morgan fingerprint density at radius 1 is 1.35 bits per heavy atom. The molecule has 0 saturated heterocycles. The van der Waals surface area contributed by atoms with Crippen molar-refractivity contribution in [1.82, 2.24) is 9.97 Å². The molecular formula is C18H28ClN3O4. The van der Waals surface area contributed by atoms with Gasteiger partial charge in [-0.2, -0.15) is 4.98 Å². The molecule has 0 N–H and O–H groups in total. The number of carbonyl (C=O) groups excluding carboxylic acids is 1. The largest absolute Gasteiger partial charge is 0.481 e. The Balaban J connectivity index is 2.40. The van der Waals surface area contributed by atoms with Gasteiger partial charge in [-0.15, -0.1) is 0 Å². The number of hydrogen-bond acceptors (Lipinski definition) is 7. The summed E-state index contributed by atoms with van der Waals surface area (Å²) in [5.41, 5.74) is 1.56. The predicted octanol–water partition coefficient (Wildman–Crippen LogP) is 3.12. The molecule has 0 aliphatic carbocycles. The van der Waals surface area contributed by atoms with Gasteiger partial charge < -0.3 is 14.2 Å². The fourth-order valence-corrected chi connectivity index (χ4v) is 2.25. The third kappa shape index (κ3) is 8.58. The highest BCUT2D eigenvalue weighted by Crippen LogP contribution is 2.21. The van der Waals surface area contributed by atoms with E-state index >= 15 is 0 Å². The van der Waals surface area contributed by atoms with E-state index in [4.69, 9.17) is 25.8 Å². The van der Waals surface area contributed by atoms with E-state index in [-0.39, 0.29) is 17.9 Å². The van der Waals surface area contributed by atoms with Crippen molar-refractivity contribution in [2.75, 3.05) is 33.5 Å². The minimum absolute atomic E-state index is 0.0319. The number of halogens is 1. The van der Waals surface area contributed by atoms with Gasteiger partial charge in [-0.3, -0.25) is 4.99 Å². The molecule has 0 saturated carbocycles. The lowest BCUT2D eigenvalue weighted by Gasteiger charge is -2.09. The number of ether oxygens (including phenoxy) is 3. The molecular weight excluding hydrogens is 358 g/mol. The standard InChI is InChI=1S/C18H28ClN3O4/c1-5-7-14-15(21-18(19)22-17(14)24-4)10-20-8-6-9-25-12-16(23)26-11-13(2)3/h10,13H,5-9,11-12H2,1-4H3.